The number of aryl methyl sites for hydroxylation is 1. The highest BCUT2D eigenvalue weighted by Gasteiger charge is 2.25. The minimum atomic E-state index is 0. The summed E-state index contributed by atoms with van der Waals surface area (Å²) in [6, 6.07) is 10.2. The Bertz CT molecular complexity index is 624. The topological polar surface area (TPSA) is 52.1 Å². The molecule has 3 rings (SSSR count). The molecule has 0 radical (unpaired) electrons. The molecule has 0 amide bonds. The first kappa shape index (κ1) is 23.2. The van der Waals surface area contributed by atoms with Crippen molar-refractivity contribution in [1.29, 1.82) is 0 Å². The van der Waals surface area contributed by atoms with Crippen molar-refractivity contribution in [3.63, 3.8) is 0 Å². The molecule has 1 aromatic rings. The molecule has 0 aromatic heterocycles. The highest BCUT2D eigenvalue weighted by Crippen LogP contribution is 2.20. The van der Waals surface area contributed by atoms with E-state index in [9.17, 15) is 0 Å². The van der Waals surface area contributed by atoms with Crippen LogP contribution in [0.15, 0.2) is 29.3 Å². The second-order valence-corrected chi connectivity index (χ2v) is 7.88. The minimum Gasteiger partial charge on any atom is -0.379 e. The lowest BCUT2D eigenvalue weighted by molar-refractivity contribution is -0.0174. The third-order valence-electron chi connectivity index (χ3n) is 5.70. The first-order valence-electron chi connectivity index (χ1n) is 10.2. The molecular weight excluding hydrogens is 465 g/mol. The van der Waals surface area contributed by atoms with Crippen LogP contribution in [0.5, 0.6) is 0 Å². The molecule has 2 aliphatic rings. The second-order valence-electron chi connectivity index (χ2n) is 7.88. The highest BCUT2D eigenvalue weighted by atomic mass is 127. The Kier molecular flexibility index (Phi) is 9.30. The molecule has 28 heavy (non-hydrogen) atoms. The zero-order valence-corrected chi connectivity index (χ0v) is 20.0. The number of guanidine groups is 1. The monoisotopic (exact) mass is 501 g/mol. The van der Waals surface area contributed by atoms with E-state index >= 15 is 0 Å². The Labute approximate surface area is 187 Å². The zero-order valence-electron chi connectivity index (χ0n) is 17.6. The molecule has 2 aliphatic heterocycles. The Balaban J connectivity index is 0.00000280. The van der Waals surface area contributed by atoms with Gasteiger partial charge in [-0.15, -0.1) is 24.0 Å². The normalized spacial score (nSPS) is 24.6. The Morgan fingerprint density at radius 1 is 1.29 bits per heavy atom. The number of anilines is 1. The van der Waals surface area contributed by atoms with E-state index in [0.29, 0.717) is 18.1 Å². The summed E-state index contributed by atoms with van der Waals surface area (Å²) in [6.07, 6.45) is 1.13. The molecule has 0 saturated carbocycles. The number of nitrogens with zero attached hydrogens (tertiary/aromatic N) is 3. The molecule has 3 unspecified atom stereocenters. The quantitative estimate of drug-likeness (QED) is 0.369. The lowest BCUT2D eigenvalue weighted by Crippen LogP contribution is -2.53. The fraction of sp³-hybridized carbons (Fsp3) is 0.667. The standard InChI is InChI=1S/C21H35N5O.HI/c1-16-5-7-20(8-6-16)25-10-9-19(14-25)24-21(22-4)23-13-17(2)26-11-12-27-15-18(26)3;/h5-8,17-19H,9-15H2,1-4H3,(H2,22,23,24);1H. The summed E-state index contributed by atoms with van der Waals surface area (Å²) in [5, 5.41) is 7.11. The van der Waals surface area contributed by atoms with Crippen molar-refractivity contribution in [1.82, 2.24) is 15.5 Å². The van der Waals surface area contributed by atoms with Crippen LogP contribution in [-0.4, -0.2) is 75.4 Å². The number of aliphatic imine (C=N–C) groups is 1. The molecule has 158 valence electrons. The maximum atomic E-state index is 5.55. The summed E-state index contributed by atoms with van der Waals surface area (Å²) in [6.45, 7) is 12.3. The van der Waals surface area contributed by atoms with Crippen LogP contribution in [-0.2, 0) is 4.74 Å². The van der Waals surface area contributed by atoms with Gasteiger partial charge in [0.1, 0.15) is 0 Å². The number of hydrogen-bond acceptors (Lipinski definition) is 4. The molecule has 1 aromatic carbocycles. The van der Waals surface area contributed by atoms with Crippen LogP contribution in [0, 0.1) is 6.92 Å². The predicted molar refractivity (Wildman–Crippen MR) is 128 cm³/mol. The van der Waals surface area contributed by atoms with Crippen LogP contribution in [0.4, 0.5) is 5.69 Å². The van der Waals surface area contributed by atoms with Gasteiger partial charge in [-0.3, -0.25) is 9.89 Å². The summed E-state index contributed by atoms with van der Waals surface area (Å²) >= 11 is 0. The molecule has 3 atom stereocenters. The van der Waals surface area contributed by atoms with Gasteiger partial charge in [-0.05, 0) is 39.3 Å². The molecule has 7 heteroatoms. The molecule has 0 aliphatic carbocycles. The van der Waals surface area contributed by atoms with E-state index in [1.165, 1.54) is 11.3 Å². The SMILES string of the molecule is CN=C(NCC(C)N1CCOCC1C)NC1CCN(c2ccc(C)cc2)C1.I. The molecular formula is C21H36IN5O. The van der Waals surface area contributed by atoms with Crippen LogP contribution < -0.4 is 15.5 Å². The number of ether oxygens (including phenoxy) is 1. The predicted octanol–water partition coefficient (Wildman–Crippen LogP) is 2.47. The number of rotatable bonds is 5. The van der Waals surface area contributed by atoms with Crippen molar-refractivity contribution in [2.75, 3.05) is 51.3 Å². The van der Waals surface area contributed by atoms with Gasteiger partial charge < -0.3 is 20.3 Å². The van der Waals surface area contributed by atoms with Crippen LogP contribution in [0.1, 0.15) is 25.8 Å². The number of hydrogen-bond donors (Lipinski definition) is 2. The van der Waals surface area contributed by atoms with Crippen LogP contribution in [0.2, 0.25) is 0 Å². The lowest BCUT2D eigenvalue weighted by atomic mass is 10.2. The second kappa shape index (κ2) is 11.2. The fourth-order valence-corrected chi connectivity index (χ4v) is 4.01. The van der Waals surface area contributed by atoms with Crippen molar-refractivity contribution in [3.05, 3.63) is 29.8 Å². The number of halogens is 1. The van der Waals surface area contributed by atoms with Crippen LogP contribution in [0.3, 0.4) is 0 Å². The lowest BCUT2D eigenvalue weighted by Gasteiger charge is -2.38. The smallest absolute Gasteiger partial charge is 0.191 e. The van der Waals surface area contributed by atoms with Gasteiger partial charge in [0, 0.05) is 57.0 Å². The Morgan fingerprint density at radius 2 is 2.04 bits per heavy atom. The fourth-order valence-electron chi connectivity index (χ4n) is 4.01. The van der Waals surface area contributed by atoms with Gasteiger partial charge in [0.15, 0.2) is 5.96 Å². The van der Waals surface area contributed by atoms with Gasteiger partial charge in [-0.1, -0.05) is 17.7 Å². The summed E-state index contributed by atoms with van der Waals surface area (Å²) in [4.78, 5) is 9.39. The highest BCUT2D eigenvalue weighted by molar-refractivity contribution is 14.0. The van der Waals surface area contributed by atoms with E-state index in [2.05, 4.69) is 70.5 Å². The molecule has 0 bridgehead atoms. The third kappa shape index (κ3) is 6.22. The van der Waals surface area contributed by atoms with Gasteiger partial charge in [-0.25, -0.2) is 0 Å². The van der Waals surface area contributed by atoms with Crippen molar-refractivity contribution in [2.24, 2.45) is 4.99 Å². The summed E-state index contributed by atoms with van der Waals surface area (Å²) in [5.41, 5.74) is 2.61. The van der Waals surface area contributed by atoms with Gasteiger partial charge in [0.05, 0.1) is 13.2 Å². The molecule has 2 saturated heterocycles. The Morgan fingerprint density at radius 3 is 2.71 bits per heavy atom. The van der Waals surface area contributed by atoms with Gasteiger partial charge >= 0.3 is 0 Å². The maximum Gasteiger partial charge on any atom is 0.191 e. The summed E-state index contributed by atoms with van der Waals surface area (Å²) < 4.78 is 5.55. The van der Waals surface area contributed by atoms with Crippen molar-refractivity contribution < 1.29 is 4.74 Å². The van der Waals surface area contributed by atoms with E-state index in [-0.39, 0.29) is 24.0 Å². The van der Waals surface area contributed by atoms with Crippen molar-refractivity contribution in [2.45, 2.75) is 45.3 Å². The van der Waals surface area contributed by atoms with Crippen LogP contribution >= 0.6 is 24.0 Å². The molecule has 2 heterocycles. The Hall–Kier alpha value is -1.06. The molecule has 0 spiro atoms. The van der Waals surface area contributed by atoms with Crippen molar-refractivity contribution in [3.8, 4) is 0 Å². The average molecular weight is 501 g/mol. The molecule has 2 fully saturated rings. The minimum absolute atomic E-state index is 0. The molecule has 6 nitrogen and oxygen atoms in total. The van der Waals surface area contributed by atoms with E-state index in [1.54, 1.807) is 0 Å². The summed E-state index contributed by atoms with van der Waals surface area (Å²) in [5.74, 6) is 0.901. The average Bonchev–Trinajstić information content (AvgIpc) is 3.14. The van der Waals surface area contributed by atoms with E-state index in [4.69, 9.17) is 4.74 Å². The number of benzene rings is 1. The van der Waals surface area contributed by atoms with Gasteiger partial charge in [-0.2, -0.15) is 0 Å². The van der Waals surface area contributed by atoms with Gasteiger partial charge in [0.25, 0.3) is 0 Å². The van der Waals surface area contributed by atoms with E-state index < -0.39 is 0 Å². The third-order valence-corrected chi connectivity index (χ3v) is 5.70. The van der Waals surface area contributed by atoms with Crippen LogP contribution in [0.25, 0.3) is 0 Å². The number of nitrogens with one attached hydrogen (secondary N) is 2. The first-order valence-corrected chi connectivity index (χ1v) is 10.2. The zero-order chi connectivity index (χ0) is 19.2. The summed E-state index contributed by atoms with van der Waals surface area (Å²) in [7, 11) is 1.85. The largest absolute Gasteiger partial charge is 0.379 e. The number of morpholine rings is 1. The van der Waals surface area contributed by atoms with Crippen molar-refractivity contribution >= 4 is 35.6 Å². The first-order chi connectivity index (χ1) is 13.1. The van der Waals surface area contributed by atoms with E-state index in [1.807, 2.05) is 7.05 Å². The van der Waals surface area contributed by atoms with Gasteiger partial charge in [0.2, 0.25) is 0 Å². The van der Waals surface area contributed by atoms with E-state index in [0.717, 1.165) is 51.8 Å². The molecule has 2 N–H and O–H groups in total. The maximum absolute atomic E-state index is 5.55.